The van der Waals surface area contributed by atoms with Gasteiger partial charge in [0.05, 0.1) is 56.3 Å². The van der Waals surface area contributed by atoms with Crippen LogP contribution >= 0.6 is 23.2 Å². The fourth-order valence-electron chi connectivity index (χ4n) is 5.34. The number of esters is 2. The number of benzene rings is 2. The number of nitrogens with one attached hydrogen (secondary N) is 1. The maximum absolute atomic E-state index is 12.6. The molecule has 2 aromatic carbocycles. The van der Waals surface area contributed by atoms with E-state index in [0.29, 0.717) is 39.9 Å². The Morgan fingerprint density at radius 2 is 1.30 bits per heavy atom. The molecule has 0 atom stereocenters. The second kappa shape index (κ2) is 16.8. The number of aromatic hydroxyl groups is 1. The third-order valence-corrected chi connectivity index (χ3v) is 8.54. The number of hydrogen-bond acceptors (Lipinski definition) is 9. The molecule has 0 aliphatic carbocycles. The highest BCUT2D eigenvalue weighted by Crippen LogP contribution is 2.38. The third-order valence-electron chi connectivity index (χ3n) is 7.96. The Morgan fingerprint density at radius 1 is 0.796 bits per heavy atom. The van der Waals surface area contributed by atoms with Crippen LogP contribution in [0.15, 0.2) is 85.5 Å². The van der Waals surface area contributed by atoms with Gasteiger partial charge in [0.25, 0.3) is 5.91 Å². The van der Waals surface area contributed by atoms with Crippen molar-refractivity contribution in [1.29, 1.82) is 0 Å². The molecule has 0 spiro atoms. The van der Waals surface area contributed by atoms with Gasteiger partial charge in [0, 0.05) is 25.5 Å². The average Bonchev–Trinajstić information content (AvgIpc) is 3.63. The number of halogens is 2. The van der Waals surface area contributed by atoms with Gasteiger partial charge in [-0.15, -0.1) is 0 Å². The number of hydrogen-bond donors (Lipinski definition) is 3. The molecule has 0 unspecified atom stereocenters. The maximum atomic E-state index is 12.6. The Bertz CT molecular complexity index is 2330. The minimum atomic E-state index is -1.19. The van der Waals surface area contributed by atoms with Gasteiger partial charge in [-0.3, -0.25) is 14.4 Å². The van der Waals surface area contributed by atoms with Gasteiger partial charge in [-0.1, -0.05) is 83.9 Å². The first-order valence-corrected chi connectivity index (χ1v) is 17.5. The lowest BCUT2D eigenvalue weighted by Gasteiger charge is -2.18. The number of fused-ring (bicyclic) bond motifs is 2. The molecule has 4 heterocycles. The van der Waals surface area contributed by atoms with Crippen molar-refractivity contribution >= 4 is 68.8 Å². The van der Waals surface area contributed by atoms with Crippen molar-refractivity contribution in [3.63, 3.8) is 0 Å². The predicted molar refractivity (Wildman–Crippen MR) is 203 cm³/mol. The van der Waals surface area contributed by atoms with E-state index < -0.39 is 35.8 Å². The Morgan fingerprint density at radius 3 is 1.80 bits per heavy atom. The number of aliphatic carboxylic acids is 1. The number of carboxylic acids is 1. The van der Waals surface area contributed by atoms with Crippen LogP contribution in [-0.2, 0) is 27.4 Å². The highest BCUT2D eigenvalue weighted by Gasteiger charge is 2.30. The van der Waals surface area contributed by atoms with Crippen LogP contribution in [0.1, 0.15) is 59.8 Å². The van der Waals surface area contributed by atoms with Crippen molar-refractivity contribution < 1.29 is 38.9 Å². The van der Waals surface area contributed by atoms with Crippen LogP contribution < -0.4 is 10.1 Å². The van der Waals surface area contributed by atoms with Gasteiger partial charge in [0.2, 0.25) is 0 Å². The zero-order valence-corrected chi connectivity index (χ0v) is 31.3. The van der Waals surface area contributed by atoms with Crippen molar-refractivity contribution in [3.8, 4) is 11.5 Å². The van der Waals surface area contributed by atoms with Crippen molar-refractivity contribution in [2.24, 2.45) is 5.41 Å². The number of carboxylic acid groups (broad SMARTS) is 1. The number of amides is 1. The standard InChI is InChI=1S/C22H23ClN2O4.C17H14ClN3O4/c1-5-28-20(26)18-19(29-21(27)22(2,3)4)17-15(23)13-25(16(17)11-24-18)12-14-9-7-6-8-10-14;18-11-9-21(8-10-4-2-1-3-5-10)12-6-19-15(16(24)14(11)12)17(25)20-7-13(22)23/h6-11,13H,5,12H2,1-4H3;1-6,9,24H,7-8H2,(H,20,25)(H,22,23). The Hall–Kier alpha value is -5.92. The lowest BCUT2D eigenvalue weighted by atomic mass is 9.97. The Balaban J connectivity index is 0.000000210. The summed E-state index contributed by atoms with van der Waals surface area (Å²) in [5, 5.41) is 22.5. The molecule has 3 N–H and O–H groups in total. The van der Waals surface area contributed by atoms with E-state index in [1.165, 1.54) is 6.20 Å². The monoisotopic (exact) mass is 773 g/mol. The fraction of sp³-hybridized carbons (Fsp3) is 0.231. The number of nitrogens with zero attached hydrogens (tertiary/aromatic N) is 4. The fourth-order valence-corrected chi connectivity index (χ4v) is 5.94. The minimum absolute atomic E-state index is 0.0256. The van der Waals surface area contributed by atoms with E-state index in [4.69, 9.17) is 37.8 Å². The Labute approximate surface area is 320 Å². The van der Waals surface area contributed by atoms with Gasteiger partial charge in [-0.05, 0) is 38.8 Å². The molecular weight excluding hydrogens is 737 g/mol. The number of rotatable bonds is 10. The summed E-state index contributed by atoms with van der Waals surface area (Å²) >= 11 is 12.7. The summed E-state index contributed by atoms with van der Waals surface area (Å²) < 4.78 is 14.4. The van der Waals surface area contributed by atoms with E-state index in [9.17, 15) is 24.3 Å². The molecule has 1 amide bonds. The summed E-state index contributed by atoms with van der Waals surface area (Å²) in [6, 6.07) is 19.5. The van der Waals surface area contributed by atoms with Crippen molar-refractivity contribution in [2.75, 3.05) is 13.2 Å². The van der Waals surface area contributed by atoms with E-state index in [2.05, 4.69) is 15.3 Å². The van der Waals surface area contributed by atoms with Crippen LogP contribution in [0, 0.1) is 5.41 Å². The van der Waals surface area contributed by atoms with Crippen LogP contribution in [-0.4, -0.2) is 66.3 Å². The average molecular weight is 775 g/mol. The molecule has 280 valence electrons. The van der Waals surface area contributed by atoms with Crippen LogP contribution in [0.2, 0.25) is 10.0 Å². The largest absolute Gasteiger partial charge is 0.505 e. The van der Waals surface area contributed by atoms with Gasteiger partial charge in [-0.25, -0.2) is 14.8 Å². The first kappa shape index (κ1) is 39.3. The summed E-state index contributed by atoms with van der Waals surface area (Å²) in [5.74, 6) is -3.49. The minimum Gasteiger partial charge on any atom is -0.505 e. The molecule has 0 aliphatic heterocycles. The highest BCUT2D eigenvalue weighted by molar-refractivity contribution is 6.37. The van der Waals surface area contributed by atoms with Crippen LogP contribution in [0.25, 0.3) is 21.8 Å². The second-order valence-electron chi connectivity index (χ2n) is 13.0. The topological polar surface area (TPSA) is 175 Å². The molecule has 0 aliphatic rings. The molecule has 4 aromatic heterocycles. The number of carbonyl (C=O) groups is 4. The molecule has 0 saturated heterocycles. The van der Waals surface area contributed by atoms with Gasteiger partial charge in [0.1, 0.15) is 6.54 Å². The molecule has 0 saturated carbocycles. The second-order valence-corrected chi connectivity index (χ2v) is 13.8. The van der Waals surface area contributed by atoms with Gasteiger partial charge in [0.15, 0.2) is 22.9 Å². The lowest BCUT2D eigenvalue weighted by Crippen LogP contribution is -2.29. The highest BCUT2D eigenvalue weighted by atomic mass is 35.5. The summed E-state index contributed by atoms with van der Waals surface area (Å²) in [7, 11) is 0. The molecule has 6 rings (SSSR count). The quantitative estimate of drug-likeness (QED) is 0.122. The van der Waals surface area contributed by atoms with E-state index in [1.807, 2.05) is 69.8 Å². The summed E-state index contributed by atoms with van der Waals surface area (Å²) in [4.78, 5) is 55.7. The summed E-state index contributed by atoms with van der Waals surface area (Å²) in [5.41, 5.74) is 2.23. The van der Waals surface area contributed by atoms with Gasteiger partial charge in [-0.2, -0.15) is 0 Å². The number of ether oxygens (including phenoxy) is 2. The molecular formula is C39H37Cl2N5O8. The number of pyridine rings is 2. The first-order valence-electron chi connectivity index (χ1n) is 16.7. The lowest BCUT2D eigenvalue weighted by molar-refractivity contribution is -0.143. The normalized spacial score (nSPS) is 11.1. The number of carbonyl (C=O) groups excluding carboxylic acids is 3. The SMILES string of the molecule is CCOC(=O)c1ncc2c(c(Cl)cn2Cc2ccccc2)c1OC(=O)C(C)(C)C.O=C(O)CNC(=O)c1ncc2c(c(Cl)cn2Cc2ccccc2)c1O. The van der Waals surface area contributed by atoms with Crippen molar-refractivity contribution in [2.45, 2.75) is 40.8 Å². The molecule has 15 heteroatoms. The van der Waals surface area contributed by atoms with E-state index in [1.54, 1.807) is 46.3 Å². The molecule has 0 bridgehead atoms. The molecule has 6 aromatic rings. The molecule has 0 fully saturated rings. The molecule has 13 nitrogen and oxygen atoms in total. The zero-order chi connectivity index (χ0) is 39.2. The number of aromatic nitrogens is 4. The third kappa shape index (κ3) is 8.99. The van der Waals surface area contributed by atoms with Gasteiger partial charge >= 0.3 is 17.9 Å². The predicted octanol–water partition coefficient (Wildman–Crippen LogP) is 7.12. The van der Waals surface area contributed by atoms with Crippen LogP contribution in [0.4, 0.5) is 0 Å². The summed E-state index contributed by atoms with van der Waals surface area (Å²) in [6.45, 7) is 7.57. The van der Waals surface area contributed by atoms with Gasteiger partial charge < -0.3 is 34.1 Å². The van der Waals surface area contributed by atoms with Crippen molar-refractivity contribution in [3.05, 3.63) is 118 Å². The maximum Gasteiger partial charge on any atom is 0.360 e. The summed E-state index contributed by atoms with van der Waals surface area (Å²) in [6.07, 6.45) is 6.37. The molecule has 54 heavy (non-hydrogen) atoms. The van der Waals surface area contributed by atoms with Crippen LogP contribution in [0.5, 0.6) is 11.5 Å². The zero-order valence-electron chi connectivity index (χ0n) is 29.8. The van der Waals surface area contributed by atoms with Crippen LogP contribution in [0.3, 0.4) is 0 Å². The van der Waals surface area contributed by atoms with Crippen molar-refractivity contribution in [1.82, 2.24) is 24.4 Å². The Kier molecular flexibility index (Phi) is 12.2. The van der Waals surface area contributed by atoms with E-state index in [0.717, 1.165) is 11.1 Å². The van der Waals surface area contributed by atoms with E-state index >= 15 is 0 Å². The van der Waals surface area contributed by atoms with E-state index in [-0.39, 0.29) is 34.5 Å². The smallest absolute Gasteiger partial charge is 0.360 e. The molecule has 0 radical (unpaired) electrons. The first-order chi connectivity index (χ1) is 25.7.